The van der Waals surface area contributed by atoms with Crippen LogP contribution in [0.5, 0.6) is 0 Å². The number of ether oxygens (including phenoxy) is 1. The minimum Gasteiger partial charge on any atom is -0.376 e. The minimum absolute atomic E-state index is 0.0595. The molecule has 4 nitrogen and oxygen atoms in total. The summed E-state index contributed by atoms with van der Waals surface area (Å²) in [6.45, 7) is 6.90. The Kier molecular flexibility index (Phi) is 7.57. The van der Waals surface area contributed by atoms with Crippen molar-refractivity contribution < 1.29 is 4.74 Å². The summed E-state index contributed by atoms with van der Waals surface area (Å²) in [5.74, 6) is 1.67. The van der Waals surface area contributed by atoms with Crippen molar-refractivity contribution in [2.75, 3.05) is 12.4 Å². The number of aryl methyl sites for hydroxylation is 3. The topological polar surface area (TPSA) is 43.3 Å². The number of benzene rings is 1. The van der Waals surface area contributed by atoms with Crippen LogP contribution in [0.2, 0.25) is 0 Å². The van der Waals surface area contributed by atoms with Gasteiger partial charge in [-0.25, -0.2) is 0 Å². The van der Waals surface area contributed by atoms with Crippen molar-refractivity contribution in [3.63, 3.8) is 0 Å². The van der Waals surface area contributed by atoms with Gasteiger partial charge in [0.1, 0.15) is 0 Å². The number of hydrogen-bond acceptors (Lipinski definition) is 4. The smallest absolute Gasteiger partial charge is 0.254 e. The van der Waals surface area contributed by atoms with Crippen LogP contribution in [-0.2, 0) is 11.2 Å². The van der Waals surface area contributed by atoms with Crippen molar-refractivity contribution in [2.45, 2.75) is 83.4 Å². The molecule has 1 aliphatic heterocycles. The molecule has 1 aromatic heterocycles. The van der Waals surface area contributed by atoms with E-state index >= 15 is 0 Å². The molecule has 4 rings (SSSR count). The Bertz CT molecular complexity index is 933. The molecule has 2 aromatic rings. The summed E-state index contributed by atoms with van der Waals surface area (Å²) in [7, 11) is 0. The number of hydrogen-bond donors (Lipinski definition) is 1. The zero-order valence-electron chi connectivity index (χ0n) is 19.1. The van der Waals surface area contributed by atoms with E-state index in [9.17, 15) is 4.79 Å². The van der Waals surface area contributed by atoms with Crippen LogP contribution in [0.1, 0.15) is 73.4 Å². The minimum atomic E-state index is 0.0595. The highest BCUT2D eigenvalue weighted by molar-refractivity contribution is 7.97. The third kappa shape index (κ3) is 5.10. The Morgan fingerprint density at radius 1 is 1.03 bits per heavy atom. The van der Waals surface area contributed by atoms with E-state index in [0.717, 1.165) is 42.7 Å². The Balaban J connectivity index is 1.42. The molecular weight excluding hydrogens is 404 g/mol. The summed E-state index contributed by atoms with van der Waals surface area (Å²) in [6, 6.07) is 13.2. The van der Waals surface area contributed by atoms with E-state index in [0.29, 0.717) is 18.6 Å². The van der Waals surface area contributed by atoms with E-state index in [1.807, 2.05) is 17.6 Å². The summed E-state index contributed by atoms with van der Waals surface area (Å²) < 4.78 is 12.1. The second-order valence-corrected chi connectivity index (χ2v) is 10.2. The fourth-order valence-corrected chi connectivity index (χ4v) is 5.93. The van der Waals surface area contributed by atoms with Gasteiger partial charge in [-0.15, -0.1) is 0 Å². The van der Waals surface area contributed by atoms with Gasteiger partial charge in [-0.3, -0.25) is 9.52 Å². The predicted octanol–water partition coefficient (Wildman–Crippen LogP) is 5.32. The lowest BCUT2D eigenvalue weighted by atomic mass is 9.81. The average Bonchev–Trinajstić information content (AvgIpc) is 2.79. The molecule has 2 heterocycles. The second-order valence-electron chi connectivity index (χ2n) is 9.11. The maximum atomic E-state index is 13.0. The monoisotopic (exact) mass is 440 g/mol. The highest BCUT2D eigenvalue weighted by atomic mass is 32.2. The van der Waals surface area contributed by atoms with Gasteiger partial charge in [0.2, 0.25) is 0 Å². The number of nitrogens with zero attached hydrogens (tertiary/aromatic N) is 1. The van der Waals surface area contributed by atoms with Gasteiger partial charge in [-0.05, 0) is 75.5 Å². The maximum Gasteiger partial charge on any atom is 0.254 e. The molecule has 1 aliphatic carbocycles. The summed E-state index contributed by atoms with van der Waals surface area (Å²) in [6.07, 6.45) is 6.85. The number of aromatic nitrogens is 1. The van der Waals surface area contributed by atoms with E-state index in [2.05, 4.69) is 48.9 Å². The van der Waals surface area contributed by atoms with Crippen molar-refractivity contribution in [1.29, 1.82) is 0 Å². The Morgan fingerprint density at radius 2 is 1.81 bits per heavy atom. The molecule has 0 radical (unpaired) electrons. The molecule has 168 valence electrons. The van der Waals surface area contributed by atoms with Gasteiger partial charge in [0.05, 0.1) is 18.8 Å². The average molecular weight is 441 g/mol. The van der Waals surface area contributed by atoms with Gasteiger partial charge < -0.3 is 9.30 Å². The molecule has 31 heavy (non-hydrogen) atoms. The lowest BCUT2D eigenvalue weighted by Gasteiger charge is -2.37. The van der Waals surface area contributed by atoms with E-state index in [1.165, 1.54) is 24.0 Å². The molecule has 1 fully saturated rings. The van der Waals surface area contributed by atoms with Crippen molar-refractivity contribution in [3.05, 3.63) is 69.1 Å². The van der Waals surface area contributed by atoms with Crippen LogP contribution in [0.15, 0.2) is 41.2 Å². The Hall–Kier alpha value is -1.56. The molecule has 2 aliphatic rings. The Morgan fingerprint density at radius 3 is 2.55 bits per heavy atom. The van der Waals surface area contributed by atoms with Crippen LogP contribution in [0.3, 0.4) is 0 Å². The summed E-state index contributed by atoms with van der Waals surface area (Å²) in [4.78, 5) is 13.0. The highest BCUT2D eigenvalue weighted by Crippen LogP contribution is 2.36. The molecule has 2 unspecified atom stereocenters. The normalized spacial score (nSPS) is 25.9. The molecule has 0 spiro atoms. The molecule has 0 saturated heterocycles. The predicted molar refractivity (Wildman–Crippen MR) is 130 cm³/mol. The molecular formula is C26H36N2O2S. The first-order valence-electron chi connectivity index (χ1n) is 11.8. The fraction of sp³-hybridized carbons (Fsp3) is 0.577. The zero-order chi connectivity index (χ0) is 21.8. The number of rotatable bonds is 7. The zero-order valence-corrected chi connectivity index (χ0v) is 19.9. The van der Waals surface area contributed by atoms with Crippen molar-refractivity contribution in [3.8, 4) is 0 Å². The van der Waals surface area contributed by atoms with Crippen LogP contribution >= 0.6 is 11.9 Å². The SMILES string of the molecule is CCSNC1CCc2ccc(C)c(=O)n2C1COC1CCC(c2ccccc2C)CC1. The van der Waals surface area contributed by atoms with Crippen LogP contribution in [0.4, 0.5) is 0 Å². The van der Waals surface area contributed by atoms with Gasteiger partial charge in [0.15, 0.2) is 0 Å². The van der Waals surface area contributed by atoms with Gasteiger partial charge >= 0.3 is 0 Å². The molecule has 0 amide bonds. The Labute approximate surface area is 190 Å². The number of fused-ring (bicyclic) bond motifs is 1. The third-order valence-corrected chi connectivity index (χ3v) is 7.84. The molecule has 1 aromatic carbocycles. The van der Waals surface area contributed by atoms with Gasteiger partial charge in [0, 0.05) is 23.1 Å². The number of nitrogens with one attached hydrogen (secondary N) is 1. The van der Waals surface area contributed by atoms with Crippen molar-refractivity contribution in [2.24, 2.45) is 0 Å². The first kappa shape index (κ1) is 22.6. The second kappa shape index (κ2) is 10.4. The van der Waals surface area contributed by atoms with Crippen LogP contribution in [0, 0.1) is 13.8 Å². The molecule has 1 saturated carbocycles. The first-order valence-corrected chi connectivity index (χ1v) is 12.8. The van der Waals surface area contributed by atoms with Gasteiger partial charge in [0.25, 0.3) is 5.56 Å². The summed E-state index contributed by atoms with van der Waals surface area (Å²) >= 11 is 1.74. The lowest BCUT2D eigenvalue weighted by Crippen LogP contribution is -2.46. The molecule has 5 heteroatoms. The standard InChI is InChI=1S/C26H36N2O2S/c1-4-31-27-24-16-13-21-12-9-19(3)26(29)28(21)25(24)17-30-22-14-10-20(11-15-22)23-8-6-5-7-18(23)2/h5-9,12,20,22,24-25,27H,4,10-11,13-17H2,1-3H3. The molecule has 2 atom stereocenters. The van der Waals surface area contributed by atoms with Crippen LogP contribution in [-0.4, -0.2) is 29.1 Å². The van der Waals surface area contributed by atoms with E-state index in [1.54, 1.807) is 11.9 Å². The lowest BCUT2D eigenvalue weighted by molar-refractivity contribution is -0.00155. The maximum absolute atomic E-state index is 13.0. The fourth-order valence-electron chi connectivity index (χ4n) is 5.27. The van der Waals surface area contributed by atoms with E-state index < -0.39 is 0 Å². The van der Waals surface area contributed by atoms with Gasteiger partial charge in [-0.2, -0.15) is 0 Å². The molecule has 0 bridgehead atoms. The van der Waals surface area contributed by atoms with E-state index in [-0.39, 0.29) is 17.6 Å². The summed E-state index contributed by atoms with van der Waals surface area (Å²) in [5, 5.41) is 0. The van der Waals surface area contributed by atoms with Crippen molar-refractivity contribution in [1.82, 2.24) is 9.29 Å². The third-order valence-electron chi connectivity index (χ3n) is 7.08. The quantitative estimate of drug-likeness (QED) is 0.592. The van der Waals surface area contributed by atoms with Gasteiger partial charge in [-0.1, -0.05) is 49.2 Å². The summed E-state index contributed by atoms with van der Waals surface area (Å²) in [5.41, 5.74) is 5.01. The van der Waals surface area contributed by atoms with Crippen LogP contribution in [0.25, 0.3) is 0 Å². The largest absolute Gasteiger partial charge is 0.376 e. The first-order chi connectivity index (χ1) is 15.1. The van der Waals surface area contributed by atoms with E-state index in [4.69, 9.17) is 4.74 Å². The number of pyridine rings is 1. The van der Waals surface area contributed by atoms with Crippen LogP contribution < -0.4 is 10.3 Å². The molecule has 1 N–H and O–H groups in total. The van der Waals surface area contributed by atoms with Crippen molar-refractivity contribution >= 4 is 11.9 Å². The highest BCUT2D eigenvalue weighted by Gasteiger charge is 2.32.